The van der Waals surface area contributed by atoms with Crippen molar-refractivity contribution in [1.29, 1.82) is 0 Å². The summed E-state index contributed by atoms with van der Waals surface area (Å²) in [5, 5.41) is 9.37. The summed E-state index contributed by atoms with van der Waals surface area (Å²) >= 11 is 0. The number of phenols is 1. The molecule has 0 saturated carbocycles. The molecule has 98 valence electrons. The quantitative estimate of drug-likeness (QED) is 0.660. The molecule has 2 aromatic carbocycles. The molecular formula is C13H10O5S. The van der Waals surface area contributed by atoms with Crippen molar-refractivity contribution in [3.63, 3.8) is 0 Å². The van der Waals surface area contributed by atoms with Gasteiger partial charge in [-0.2, -0.15) is 8.42 Å². The van der Waals surface area contributed by atoms with E-state index in [4.69, 9.17) is 4.55 Å². The Bertz CT molecular complexity index is 720. The SMILES string of the molecule is O=C(c1ccccc1)c1ccc(O)c(S(=O)(=O)O)c1. The first-order valence-electron chi connectivity index (χ1n) is 5.30. The van der Waals surface area contributed by atoms with Crippen LogP contribution in [0.4, 0.5) is 0 Å². The van der Waals surface area contributed by atoms with Gasteiger partial charge in [0.05, 0.1) is 0 Å². The third-order valence-electron chi connectivity index (χ3n) is 2.54. The first-order chi connectivity index (χ1) is 8.89. The van der Waals surface area contributed by atoms with Crippen molar-refractivity contribution in [3.05, 3.63) is 59.7 Å². The van der Waals surface area contributed by atoms with E-state index < -0.39 is 26.5 Å². The summed E-state index contributed by atoms with van der Waals surface area (Å²) in [5.41, 5.74) is 0.450. The lowest BCUT2D eigenvalue weighted by molar-refractivity contribution is 0.103. The van der Waals surface area contributed by atoms with Gasteiger partial charge in [0.25, 0.3) is 10.1 Å². The molecule has 2 rings (SSSR count). The molecule has 0 spiro atoms. The van der Waals surface area contributed by atoms with Crippen LogP contribution in [-0.4, -0.2) is 23.9 Å². The van der Waals surface area contributed by atoms with E-state index >= 15 is 0 Å². The highest BCUT2D eigenvalue weighted by atomic mass is 32.2. The summed E-state index contributed by atoms with van der Waals surface area (Å²) in [5.74, 6) is -1.00. The molecule has 0 atom stereocenters. The molecular weight excluding hydrogens is 268 g/mol. The molecule has 0 aromatic heterocycles. The number of benzene rings is 2. The Balaban J connectivity index is 2.51. The Morgan fingerprint density at radius 2 is 1.58 bits per heavy atom. The number of phenolic OH excluding ortho intramolecular Hbond substituents is 1. The first kappa shape index (κ1) is 13.3. The summed E-state index contributed by atoms with van der Waals surface area (Å²) in [6.45, 7) is 0. The van der Waals surface area contributed by atoms with Gasteiger partial charge in [-0.25, -0.2) is 0 Å². The van der Waals surface area contributed by atoms with Crippen LogP contribution in [-0.2, 0) is 10.1 Å². The van der Waals surface area contributed by atoms with Gasteiger partial charge in [-0.05, 0) is 18.2 Å². The highest BCUT2D eigenvalue weighted by Gasteiger charge is 2.18. The Labute approximate surface area is 109 Å². The van der Waals surface area contributed by atoms with Crippen LogP contribution in [0.2, 0.25) is 0 Å². The average Bonchev–Trinajstić information content (AvgIpc) is 2.38. The van der Waals surface area contributed by atoms with E-state index in [1.165, 1.54) is 6.07 Å². The van der Waals surface area contributed by atoms with E-state index in [0.717, 1.165) is 12.1 Å². The second-order valence-corrected chi connectivity index (χ2v) is 5.24. The molecule has 0 radical (unpaired) electrons. The fourth-order valence-corrected chi connectivity index (χ4v) is 2.23. The van der Waals surface area contributed by atoms with Crippen LogP contribution >= 0.6 is 0 Å². The average molecular weight is 278 g/mol. The molecule has 0 saturated heterocycles. The fourth-order valence-electron chi connectivity index (χ4n) is 1.62. The Morgan fingerprint density at radius 3 is 2.16 bits per heavy atom. The Hall–Kier alpha value is -2.18. The normalized spacial score (nSPS) is 11.2. The zero-order valence-corrected chi connectivity index (χ0v) is 10.5. The van der Waals surface area contributed by atoms with Gasteiger partial charge < -0.3 is 5.11 Å². The molecule has 0 bridgehead atoms. The molecule has 0 unspecified atom stereocenters. The van der Waals surface area contributed by atoms with Gasteiger partial charge in [-0.3, -0.25) is 9.35 Å². The zero-order chi connectivity index (χ0) is 14.0. The maximum Gasteiger partial charge on any atom is 0.298 e. The number of rotatable bonds is 3. The summed E-state index contributed by atoms with van der Waals surface area (Å²) in [6.07, 6.45) is 0. The maximum atomic E-state index is 12.1. The summed E-state index contributed by atoms with van der Waals surface area (Å²) in [7, 11) is -4.57. The number of carbonyl (C=O) groups is 1. The van der Waals surface area contributed by atoms with Gasteiger partial charge in [-0.1, -0.05) is 30.3 Å². The van der Waals surface area contributed by atoms with Crippen LogP contribution in [0.3, 0.4) is 0 Å². The highest BCUT2D eigenvalue weighted by molar-refractivity contribution is 7.86. The van der Waals surface area contributed by atoms with Crippen LogP contribution in [0.1, 0.15) is 15.9 Å². The lowest BCUT2D eigenvalue weighted by Crippen LogP contribution is -2.04. The van der Waals surface area contributed by atoms with E-state index in [1.807, 2.05) is 0 Å². The van der Waals surface area contributed by atoms with Crippen molar-refractivity contribution in [3.8, 4) is 5.75 Å². The van der Waals surface area contributed by atoms with Gasteiger partial charge in [0, 0.05) is 11.1 Å². The first-order valence-corrected chi connectivity index (χ1v) is 6.74. The van der Waals surface area contributed by atoms with Crippen molar-refractivity contribution in [2.45, 2.75) is 4.90 Å². The number of hydrogen-bond acceptors (Lipinski definition) is 4. The molecule has 0 aliphatic rings. The van der Waals surface area contributed by atoms with Crippen LogP contribution in [0, 0.1) is 0 Å². The minimum atomic E-state index is -4.57. The van der Waals surface area contributed by atoms with Crippen molar-refractivity contribution in [2.75, 3.05) is 0 Å². The topological polar surface area (TPSA) is 91.7 Å². The number of hydrogen-bond donors (Lipinski definition) is 2. The second kappa shape index (κ2) is 4.83. The van der Waals surface area contributed by atoms with Gasteiger partial charge in [0.2, 0.25) is 0 Å². The summed E-state index contributed by atoms with van der Waals surface area (Å²) in [6, 6.07) is 11.6. The van der Waals surface area contributed by atoms with Crippen LogP contribution in [0.25, 0.3) is 0 Å². The zero-order valence-electron chi connectivity index (χ0n) is 9.65. The van der Waals surface area contributed by atoms with Gasteiger partial charge in [0.1, 0.15) is 10.6 Å². The minimum absolute atomic E-state index is 0.0663. The molecule has 0 fully saturated rings. The van der Waals surface area contributed by atoms with E-state index in [0.29, 0.717) is 5.56 Å². The molecule has 2 N–H and O–H groups in total. The van der Waals surface area contributed by atoms with Crippen LogP contribution < -0.4 is 0 Å². The standard InChI is InChI=1S/C13H10O5S/c14-11-7-6-10(8-12(11)19(16,17)18)13(15)9-4-2-1-3-5-9/h1-8,14H,(H,16,17,18). The number of aromatic hydroxyl groups is 1. The predicted molar refractivity (Wildman–Crippen MR) is 67.8 cm³/mol. The smallest absolute Gasteiger partial charge is 0.298 e. The molecule has 5 nitrogen and oxygen atoms in total. The summed E-state index contributed by atoms with van der Waals surface area (Å²) < 4.78 is 31.0. The Kier molecular flexibility index (Phi) is 3.37. The number of ketones is 1. The predicted octanol–water partition coefficient (Wildman–Crippen LogP) is 1.87. The van der Waals surface area contributed by atoms with Gasteiger partial charge in [-0.15, -0.1) is 0 Å². The molecule has 2 aromatic rings. The number of carbonyl (C=O) groups excluding carboxylic acids is 1. The lowest BCUT2D eigenvalue weighted by Gasteiger charge is -2.05. The molecule has 19 heavy (non-hydrogen) atoms. The van der Waals surface area contributed by atoms with Crippen molar-refractivity contribution in [1.82, 2.24) is 0 Å². The van der Waals surface area contributed by atoms with Crippen molar-refractivity contribution in [2.24, 2.45) is 0 Å². The maximum absolute atomic E-state index is 12.1. The van der Waals surface area contributed by atoms with E-state index in [1.54, 1.807) is 30.3 Å². The minimum Gasteiger partial charge on any atom is -0.506 e. The van der Waals surface area contributed by atoms with Gasteiger partial charge >= 0.3 is 0 Å². The highest BCUT2D eigenvalue weighted by Crippen LogP contribution is 2.24. The molecule has 0 aliphatic heterocycles. The monoisotopic (exact) mass is 278 g/mol. The van der Waals surface area contributed by atoms with E-state index in [9.17, 15) is 18.3 Å². The summed E-state index contributed by atoms with van der Waals surface area (Å²) in [4.78, 5) is 11.4. The van der Waals surface area contributed by atoms with Crippen LogP contribution in [0.15, 0.2) is 53.4 Å². The third kappa shape index (κ3) is 2.81. The van der Waals surface area contributed by atoms with Gasteiger partial charge in [0.15, 0.2) is 5.78 Å². The molecule has 0 heterocycles. The van der Waals surface area contributed by atoms with Crippen molar-refractivity contribution >= 4 is 15.9 Å². The molecule has 0 aliphatic carbocycles. The fraction of sp³-hybridized carbons (Fsp3) is 0. The van der Waals surface area contributed by atoms with Crippen LogP contribution in [0.5, 0.6) is 5.75 Å². The molecule has 6 heteroatoms. The third-order valence-corrected chi connectivity index (χ3v) is 3.42. The second-order valence-electron chi connectivity index (χ2n) is 3.85. The Morgan fingerprint density at radius 1 is 0.947 bits per heavy atom. The van der Waals surface area contributed by atoms with E-state index in [-0.39, 0.29) is 5.56 Å². The molecule has 0 amide bonds. The van der Waals surface area contributed by atoms with E-state index in [2.05, 4.69) is 0 Å². The lowest BCUT2D eigenvalue weighted by atomic mass is 10.0. The van der Waals surface area contributed by atoms with Crippen molar-refractivity contribution < 1.29 is 22.9 Å². The largest absolute Gasteiger partial charge is 0.506 e.